The van der Waals surface area contributed by atoms with Crippen LogP contribution >= 0.6 is 34.8 Å². The fourth-order valence-electron chi connectivity index (χ4n) is 1.61. The molecular formula is C15H11Cl3N2O3. The highest BCUT2D eigenvalue weighted by atomic mass is 35.5. The van der Waals surface area contributed by atoms with Gasteiger partial charge in [-0.05, 0) is 30.3 Å². The molecule has 0 aliphatic rings. The molecule has 0 bridgehead atoms. The van der Waals surface area contributed by atoms with E-state index in [-0.39, 0.29) is 22.2 Å². The summed E-state index contributed by atoms with van der Waals surface area (Å²) in [5, 5.41) is 1.02. The molecule has 0 aromatic heterocycles. The molecule has 0 atom stereocenters. The maximum Gasteiger partial charge on any atom is 0.276 e. The van der Waals surface area contributed by atoms with Gasteiger partial charge in [0.1, 0.15) is 5.75 Å². The Morgan fingerprint density at radius 3 is 2.39 bits per heavy atom. The topological polar surface area (TPSA) is 67.4 Å². The minimum atomic E-state index is -0.559. The summed E-state index contributed by atoms with van der Waals surface area (Å²) in [7, 11) is 0. The van der Waals surface area contributed by atoms with Crippen molar-refractivity contribution in [1.82, 2.24) is 10.9 Å². The lowest BCUT2D eigenvalue weighted by atomic mass is 10.2. The van der Waals surface area contributed by atoms with E-state index in [1.54, 1.807) is 30.3 Å². The first kappa shape index (κ1) is 17.4. The molecule has 2 aromatic rings. The second-order valence-electron chi connectivity index (χ2n) is 4.35. The van der Waals surface area contributed by atoms with Crippen LogP contribution in [0.2, 0.25) is 15.1 Å². The molecule has 2 amide bonds. The molecule has 0 saturated heterocycles. The van der Waals surface area contributed by atoms with E-state index >= 15 is 0 Å². The monoisotopic (exact) mass is 372 g/mol. The van der Waals surface area contributed by atoms with Crippen molar-refractivity contribution in [2.75, 3.05) is 6.61 Å². The second-order valence-corrected chi connectivity index (χ2v) is 5.60. The maximum absolute atomic E-state index is 11.8. The third kappa shape index (κ3) is 5.03. The van der Waals surface area contributed by atoms with Gasteiger partial charge in [0.2, 0.25) is 0 Å². The van der Waals surface area contributed by atoms with E-state index in [0.29, 0.717) is 10.8 Å². The summed E-state index contributed by atoms with van der Waals surface area (Å²) in [6, 6.07) is 11.1. The molecule has 5 nitrogen and oxygen atoms in total. The van der Waals surface area contributed by atoms with E-state index in [1.807, 2.05) is 0 Å². The molecule has 0 spiro atoms. The van der Waals surface area contributed by atoms with Crippen LogP contribution in [0.1, 0.15) is 10.4 Å². The van der Waals surface area contributed by atoms with Crippen molar-refractivity contribution in [3.8, 4) is 5.75 Å². The Labute approximate surface area is 147 Å². The zero-order valence-electron chi connectivity index (χ0n) is 11.6. The molecule has 23 heavy (non-hydrogen) atoms. The van der Waals surface area contributed by atoms with Crippen molar-refractivity contribution >= 4 is 46.6 Å². The number of amides is 2. The van der Waals surface area contributed by atoms with Gasteiger partial charge < -0.3 is 4.74 Å². The van der Waals surface area contributed by atoms with Gasteiger partial charge in [-0.1, -0.05) is 46.9 Å². The van der Waals surface area contributed by atoms with Gasteiger partial charge in [0.25, 0.3) is 11.8 Å². The Hall–Kier alpha value is -1.95. The Morgan fingerprint density at radius 1 is 0.957 bits per heavy atom. The van der Waals surface area contributed by atoms with E-state index in [0.717, 1.165) is 0 Å². The fraction of sp³-hybridized carbons (Fsp3) is 0.0667. The molecule has 0 aliphatic carbocycles. The SMILES string of the molecule is O=C(COc1ccc(Cl)cc1Cl)NNC(=O)c1ccccc1Cl. The Morgan fingerprint density at radius 2 is 1.70 bits per heavy atom. The normalized spacial score (nSPS) is 10.0. The number of rotatable bonds is 4. The zero-order chi connectivity index (χ0) is 16.8. The molecule has 120 valence electrons. The number of nitrogens with one attached hydrogen (secondary N) is 2. The van der Waals surface area contributed by atoms with E-state index in [4.69, 9.17) is 39.5 Å². The molecule has 0 fully saturated rings. The molecule has 0 saturated carbocycles. The lowest BCUT2D eigenvalue weighted by Crippen LogP contribution is -2.43. The summed E-state index contributed by atoms with van der Waals surface area (Å²) in [4.78, 5) is 23.5. The van der Waals surface area contributed by atoms with Crippen LogP contribution in [-0.2, 0) is 4.79 Å². The zero-order valence-corrected chi connectivity index (χ0v) is 13.9. The summed E-state index contributed by atoms with van der Waals surface area (Å²) in [6.07, 6.45) is 0. The van der Waals surface area contributed by atoms with Crippen LogP contribution in [0.25, 0.3) is 0 Å². The largest absolute Gasteiger partial charge is 0.482 e. The number of halogens is 3. The quantitative estimate of drug-likeness (QED) is 0.806. The smallest absolute Gasteiger partial charge is 0.276 e. The summed E-state index contributed by atoms with van der Waals surface area (Å²) in [6.45, 7) is -0.329. The maximum atomic E-state index is 11.8. The number of hydrazine groups is 1. The number of hydrogen-bond donors (Lipinski definition) is 2. The van der Waals surface area contributed by atoms with E-state index in [9.17, 15) is 9.59 Å². The first-order valence-corrected chi connectivity index (χ1v) is 7.52. The minimum absolute atomic E-state index is 0.246. The number of hydrogen-bond acceptors (Lipinski definition) is 3. The molecule has 0 radical (unpaired) electrons. The highest BCUT2D eigenvalue weighted by molar-refractivity contribution is 6.35. The number of ether oxygens (including phenoxy) is 1. The van der Waals surface area contributed by atoms with Crippen molar-refractivity contribution in [3.63, 3.8) is 0 Å². The molecule has 8 heteroatoms. The lowest BCUT2D eigenvalue weighted by molar-refractivity contribution is -0.123. The molecule has 0 aliphatic heterocycles. The van der Waals surface area contributed by atoms with Crippen LogP contribution in [0.15, 0.2) is 42.5 Å². The highest BCUT2D eigenvalue weighted by Crippen LogP contribution is 2.27. The van der Waals surface area contributed by atoms with Crippen molar-refractivity contribution in [3.05, 3.63) is 63.1 Å². The molecule has 0 heterocycles. The summed E-state index contributed by atoms with van der Waals surface area (Å²) in [5.74, 6) is -0.784. The average Bonchev–Trinajstić information content (AvgIpc) is 2.52. The van der Waals surface area contributed by atoms with Gasteiger partial charge in [0.15, 0.2) is 6.61 Å². The molecule has 2 aromatic carbocycles. The van der Waals surface area contributed by atoms with Crippen molar-refractivity contribution in [2.24, 2.45) is 0 Å². The first-order chi connectivity index (χ1) is 11.0. The fourth-order valence-corrected chi connectivity index (χ4v) is 2.30. The predicted molar refractivity (Wildman–Crippen MR) is 89.0 cm³/mol. The average molecular weight is 374 g/mol. The third-order valence-electron chi connectivity index (χ3n) is 2.69. The van der Waals surface area contributed by atoms with Crippen LogP contribution in [0.4, 0.5) is 0 Å². The van der Waals surface area contributed by atoms with Gasteiger partial charge in [0, 0.05) is 5.02 Å². The third-order valence-corrected chi connectivity index (χ3v) is 3.55. The van der Waals surface area contributed by atoms with Crippen LogP contribution < -0.4 is 15.6 Å². The molecular weight excluding hydrogens is 363 g/mol. The van der Waals surface area contributed by atoms with Gasteiger partial charge in [-0.3, -0.25) is 20.4 Å². The summed E-state index contributed by atoms with van der Waals surface area (Å²) >= 11 is 17.6. The van der Waals surface area contributed by atoms with Gasteiger partial charge in [-0.15, -0.1) is 0 Å². The van der Waals surface area contributed by atoms with E-state index in [1.165, 1.54) is 12.1 Å². The van der Waals surface area contributed by atoms with Gasteiger partial charge in [-0.2, -0.15) is 0 Å². The lowest BCUT2D eigenvalue weighted by Gasteiger charge is -2.10. The number of carbonyl (C=O) groups is 2. The summed E-state index contributed by atoms with van der Waals surface area (Å²) < 4.78 is 5.24. The Balaban J connectivity index is 1.83. The standard InChI is InChI=1S/C15H11Cl3N2O3/c16-9-5-6-13(12(18)7-9)23-8-14(21)19-20-15(22)10-3-1-2-4-11(10)17/h1-7H,8H2,(H,19,21)(H,20,22). The minimum Gasteiger partial charge on any atom is -0.482 e. The van der Waals surface area contributed by atoms with Crippen LogP contribution in [0.3, 0.4) is 0 Å². The van der Waals surface area contributed by atoms with Crippen molar-refractivity contribution in [1.29, 1.82) is 0 Å². The van der Waals surface area contributed by atoms with Gasteiger partial charge >= 0.3 is 0 Å². The van der Waals surface area contributed by atoms with E-state index < -0.39 is 11.8 Å². The molecule has 2 rings (SSSR count). The molecule has 2 N–H and O–H groups in total. The Kier molecular flexibility index (Phi) is 6.10. The Bertz CT molecular complexity index is 738. The summed E-state index contributed by atoms with van der Waals surface area (Å²) in [5.41, 5.74) is 4.71. The van der Waals surface area contributed by atoms with Crippen LogP contribution in [0.5, 0.6) is 5.75 Å². The number of benzene rings is 2. The predicted octanol–water partition coefficient (Wildman–Crippen LogP) is 3.49. The van der Waals surface area contributed by atoms with Crippen molar-refractivity contribution in [2.45, 2.75) is 0 Å². The molecule has 0 unspecified atom stereocenters. The van der Waals surface area contributed by atoms with Gasteiger partial charge in [0.05, 0.1) is 15.6 Å². The van der Waals surface area contributed by atoms with Crippen LogP contribution in [0, 0.1) is 0 Å². The van der Waals surface area contributed by atoms with E-state index in [2.05, 4.69) is 10.9 Å². The van der Waals surface area contributed by atoms with Crippen molar-refractivity contribution < 1.29 is 14.3 Å². The second kappa shape index (κ2) is 8.06. The highest BCUT2D eigenvalue weighted by Gasteiger charge is 2.11. The van der Waals surface area contributed by atoms with Crippen LogP contribution in [-0.4, -0.2) is 18.4 Å². The number of carbonyl (C=O) groups excluding carboxylic acids is 2. The van der Waals surface area contributed by atoms with Gasteiger partial charge in [-0.25, -0.2) is 0 Å². The first-order valence-electron chi connectivity index (χ1n) is 6.39.